The van der Waals surface area contributed by atoms with Crippen LogP contribution in [0.4, 0.5) is 0 Å². The van der Waals surface area contributed by atoms with E-state index in [-0.39, 0.29) is 22.7 Å². The standard InChI is InChI=1S/C10H9NO2/c1-6-3-8(7(2)12)9(5-11)10(13)4-6/h3-4,13H,1-2H3. The van der Waals surface area contributed by atoms with Crippen molar-refractivity contribution >= 4 is 5.78 Å². The van der Waals surface area contributed by atoms with Crippen LogP contribution in [0.25, 0.3) is 0 Å². The van der Waals surface area contributed by atoms with Crippen LogP contribution in [0.2, 0.25) is 0 Å². The number of Topliss-reactive ketones (excluding diaryl/α,β-unsaturated/α-hetero) is 1. The van der Waals surface area contributed by atoms with Gasteiger partial charge in [0, 0.05) is 5.56 Å². The first-order chi connectivity index (χ1) is 6.06. The number of benzene rings is 1. The highest BCUT2D eigenvalue weighted by Gasteiger charge is 2.11. The summed E-state index contributed by atoms with van der Waals surface area (Å²) in [4.78, 5) is 11.1. The van der Waals surface area contributed by atoms with E-state index in [1.54, 1.807) is 19.1 Å². The van der Waals surface area contributed by atoms with Gasteiger partial charge in [0.1, 0.15) is 17.4 Å². The molecule has 0 radical (unpaired) electrons. The molecule has 0 atom stereocenters. The molecule has 0 saturated carbocycles. The summed E-state index contributed by atoms with van der Waals surface area (Å²) in [7, 11) is 0. The van der Waals surface area contributed by atoms with Gasteiger partial charge < -0.3 is 5.11 Å². The largest absolute Gasteiger partial charge is 0.507 e. The van der Waals surface area contributed by atoms with Crippen molar-refractivity contribution in [1.82, 2.24) is 0 Å². The fraction of sp³-hybridized carbons (Fsp3) is 0.200. The van der Waals surface area contributed by atoms with Crippen molar-refractivity contribution < 1.29 is 9.90 Å². The third-order valence-corrected chi connectivity index (χ3v) is 1.75. The molecule has 0 aromatic heterocycles. The van der Waals surface area contributed by atoms with Crippen LogP contribution in [0.3, 0.4) is 0 Å². The second-order valence-corrected chi connectivity index (χ2v) is 2.87. The summed E-state index contributed by atoms with van der Waals surface area (Å²) in [6.45, 7) is 3.13. The molecule has 0 spiro atoms. The van der Waals surface area contributed by atoms with E-state index in [1.807, 2.05) is 0 Å². The Labute approximate surface area is 76.2 Å². The van der Waals surface area contributed by atoms with Gasteiger partial charge in [0.05, 0.1) is 0 Å². The van der Waals surface area contributed by atoms with Gasteiger partial charge in [-0.15, -0.1) is 0 Å². The molecule has 13 heavy (non-hydrogen) atoms. The Hall–Kier alpha value is -1.82. The Morgan fingerprint density at radius 3 is 2.62 bits per heavy atom. The van der Waals surface area contributed by atoms with Crippen molar-refractivity contribution in [3.63, 3.8) is 0 Å². The van der Waals surface area contributed by atoms with Crippen molar-refractivity contribution in [1.29, 1.82) is 5.26 Å². The van der Waals surface area contributed by atoms with Crippen LogP contribution in [0.15, 0.2) is 12.1 Å². The van der Waals surface area contributed by atoms with Gasteiger partial charge in [-0.2, -0.15) is 5.26 Å². The van der Waals surface area contributed by atoms with Gasteiger partial charge in [0.2, 0.25) is 0 Å². The summed E-state index contributed by atoms with van der Waals surface area (Å²) in [5.74, 6) is -0.344. The predicted molar refractivity (Wildman–Crippen MR) is 47.6 cm³/mol. The normalized spacial score (nSPS) is 9.31. The molecular weight excluding hydrogens is 166 g/mol. The van der Waals surface area contributed by atoms with Gasteiger partial charge in [0.25, 0.3) is 0 Å². The van der Waals surface area contributed by atoms with Crippen molar-refractivity contribution in [3.05, 3.63) is 28.8 Å². The number of rotatable bonds is 1. The zero-order chi connectivity index (χ0) is 10.0. The van der Waals surface area contributed by atoms with Gasteiger partial charge in [-0.25, -0.2) is 0 Å². The Morgan fingerprint density at radius 2 is 2.15 bits per heavy atom. The molecule has 0 aliphatic rings. The van der Waals surface area contributed by atoms with E-state index in [0.717, 1.165) is 5.56 Å². The number of carbonyl (C=O) groups is 1. The first kappa shape index (κ1) is 9.27. The summed E-state index contributed by atoms with van der Waals surface area (Å²) in [6.07, 6.45) is 0. The zero-order valence-corrected chi connectivity index (χ0v) is 7.46. The minimum absolute atomic E-state index is 0.0538. The summed E-state index contributed by atoms with van der Waals surface area (Å²) in [5, 5.41) is 18.0. The summed E-state index contributed by atoms with van der Waals surface area (Å²) in [6, 6.07) is 4.86. The van der Waals surface area contributed by atoms with E-state index in [2.05, 4.69) is 0 Å². The van der Waals surface area contributed by atoms with Gasteiger partial charge in [-0.3, -0.25) is 4.79 Å². The maximum Gasteiger partial charge on any atom is 0.161 e. The van der Waals surface area contributed by atoms with Crippen molar-refractivity contribution in [3.8, 4) is 11.8 Å². The lowest BCUT2D eigenvalue weighted by Gasteiger charge is -2.03. The monoisotopic (exact) mass is 175 g/mol. The first-order valence-corrected chi connectivity index (χ1v) is 3.81. The van der Waals surface area contributed by atoms with E-state index < -0.39 is 0 Å². The molecule has 3 heteroatoms. The van der Waals surface area contributed by atoms with Gasteiger partial charge in [-0.05, 0) is 31.5 Å². The molecule has 1 aromatic carbocycles. The number of hydrogen-bond acceptors (Lipinski definition) is 3. The Balaban J connectivity index is 3.50. The van der Waals surface area contributed by atoms with E-state index in [0.29, 0.717) is 0 Å². The predicted octanol–water partition coefficient (Wildman–Crippen LogP) is 1.77. The minimum Gasteiger partial charge on any atom is -0.507 e. The fourth-order valence-corrected chi connectivity index (χ4v) is 1.16. The number of phenolic OH excluding ortho intramolecular Hbond substituents is 1. The highest BCUT2D eigenvalue weighted by Crippen LogP contribution is 2.22. The number of aromatic hydroxyl groups is 1. The molecule has 0 saturated heterocycles. The van der Waals surface area contributed by atoms with Crippen LogP contribution in [-0.2, 0) is 0 Å². The molecule has 0 unspecified atom stereocenters. The topological polar surface area (TPSA) is 61.1 Å². The van der Waals surface area contributed by atoms with Crippen LogP contribution >= 0.6 is 0 Å². The smallest absolute Gasteiger partial charge is 0.161 e. The molecule has 0 aliphatic heterocycles. The van der Waals surface area contributed by atoms with Crippen LogP contribution in [-0.4, -0.2) is 10.9 Å². The van der Waals surface area contributed by atoms with Crippen molar-refractivity contribution in [2.24, 2.45) is 0 Å². The van der Waals surface area contributed by atoms with Gasteiger partial charge in [0.15, 0.2) is 5.78 Å². The molecule has 3 nitrogen and oxygen atoms in total. The second-order valence-electron chi connectivity index (χ2n) is 2.87. The van der Waals surface area contributed by atoms with Crippen molar-refractivity contribution in [2.75, 3.05) is 0 Å². The van der Waals surface area contributed by atoms with Crippen LogP contribution in [0, 0.1) is 18.3 Å². The maximum atomic E-state index is 11.1. The number of carbonyl (C=O) groups excluding carboxylic acids is 1. The van der Waals surface area contributed by atoms with E-state index in [4.69, 9.17) is 5.26 Å². The summed E-state index contributed by atoms with van der Waals surface area (Å²) in [5.41, 5.74) is 1.10. The lowest BCUT2D eigenvalue weighted by molar-refractivity contribution is 0.101. The number of ketones is 1. The van der Waals surface area contributed by atoms with Crippen LogP contribution in [0.5, 0.6) is 5.75 Å². The van der Waals surface area contributed by atoms with Crippen LogP contribution < -0.4 is 0 Å². The molecule has 1 N–H and O–H groups in total. The summed E-state index contributed by atoms with van der Waals surface area (Å²) < 4.78 is 0. The number of nitrogens with zero attached hydrogens (tertiary/aromatic N) is 1. The summed E-state index contributed by atoms with van der Waals surface area (Å²) >= 11 is 0. The number of phenols is 1. The second kappa shape index (κ2) is 3.28. The number of aryl methyl sites for hydroxylation is 1. The number of hydrogen-bond donors (Lipinski definition) is 1. The van der Waals surface area contributed by atoms with Gasteiger partial charge in [-0.1, -0.05) is 0 Å². The minimum atomic E-state index is -0.212. The molecule has 0 bridgehead atoms. The van der Waals surface area contributed by atoms with Crippen LogP contribution in [0.1, 0.15) is 28.4 Å². The molecular formula is C10H9NO2. The molecule has 0 fully saturated rings. The molecule has 1 rings (SSSR count). The average molecular weight is 175 g/mol. The highest BCUT2D eigenvalue weighted by atomic mass is 16.3. The highest BCUT2D eigenvalue weighted by molar-refractivity contribution is 5.97. The quantitative estimate of drug-likeness (QED) is 0.661. The average Bonchev–Trinajstić information content (AvgIpc) is 2.02. The number of nitriles is 1. The van der Waals surface area contributed by atoms with E-state index in [9.17, 15) is 9.90 Å². The molecule has 66 valence electrons. The van der Waals surface area contributed by atoms with Gasteiger partial charge >= 0.3 is 0 Å². The van der Waals surface area contributed by atoms with Crippen molar-refractivity contribution in [2.45, 2.75) is 13.8 Å². The zero-order valence-electron chi connectivity index (χ0n) is 7.46. The third-order valence-electron chi connectivity index (χ3n) is 1.75. The fourth-order valence-electron chi connectivity index (χ4n) is 1.16. The Kier molecular flexibility index (Phi) is 2.34. The first-order valence-electron chi connectivity index (χ1n) is 3.81. The Morgan fingerprint density at radius 1 is 1.54 bits per heavy atom. The lowest BCUT2D eigenvalue weighted by atomic mass is 10.0. The molecule has 0 amide bonds. The Bertz CT molecular complexity index is 402. The van der Waals surface area contributed by atoms with E-state index in [1.165, 1.54) is 13.0 Å². The third kappa shape index (κ3) is 1.67. The maximum absolute atomic E-state index is 11.1. The SMILES string of the molecule is CC(=O)c1cc(C)cc(O)c1C#N. The molecule has 0 heterocycles. The van der Waals surface area contributed by atoms with E-state index >= 15 is 0 Å². The molecule has 0 aliphatic carbocycles. The lowest BCUT2D eigenvalue weighted by Crippen LogP contribution is -1.97. The molecule has 1 aromatic rings.